The van der Waals surface area contributed by atoms with Gasteiger partial charge in [0.25, 0.3) is 5.56 Å². The molecule has 0 bridgehead atoms. The summed E-state index contributed by atoms with van der Waals surface area (Å²) in [6.45, 7) is 2.55. The average Bonchev–Trinajstić information content (AvgIpc) is 3.26. The molecule has 0 saturated carbocycles. The van der Waals surface area contributed by atoms with E-state index in [2.05, 4.69) is 20.9 Å². The molecule has 15 heteroatoms. The van der Waals surface area contributed by atoms with E-state index in [0.717, 1.165) is 4.57 Å². The highest BCUT2D eigenvalue weighted by Gasteiger charge is 2.45. The summed E-state index contributed by atoms with van der Waals surface area (Å²) in [5.74, 6) is -1.62. The first kappa shape index (κ1) is 32.3. The highest BCUT2D eigenvalue weighted by molar-refractivity contribution is 9.10. The van der Waals surface area contributed by atoms with Gasteiger partial charge >= 0.3 is 18.1 Å². The molecule has 1 aliphatic heterocycles. The Labute approximate surface area is 259 Å². The van der Waals surface area contributed by atoms with E-state index >= 15 is 0 Å². The van der Waals surface area contributed by atoms with Gasteiger partial charge in [0.05, 0.1) is 36.5 Å². The van der Waals surface area contributed by atoms with Crippen LogP contribution in [0.15, 0.2) is 61.9 Å². The maximum absolute atomic E-state index is 14.3. The van der Waals surface area contributed by atoms with Gasteiger partial charge in [0.15, 0.2) is 28.6 Å². The SMILES string of the molecule is CCOC(=O)COc1c(/C=c2\sc3n(c2=O)[C@H](c2ccc(Cl)cc2)C(C(=O)OCC)=C(C(F)(F)F)N=3)cc(Br)cc1OC. The topological polar surface area (TPSA) is 105 Å². The van der Waals surface area contributed by atoms with E-state index in [4.69, 9.17) is 30.5 Å². The molecule has 0 aliphatic carbocycles. The highest BCUT2D eigenvalue weighted by atomic mass is 79.9. The number of nitrogens with zero attached hydrogens (tertiary/aromatic N) is 2. The minimum atomic E-state index is -5.05. The molecule has 228 valence electrons. The van der Waals surface area contributed by atoms with E-state index in [1.807, 2.05) is 0 Å². The van der Waals surface area contributed by atoms with Crippen LogP contribution < -0.4 is 24.4 Å². The van der Waals surface area contributed by atoms with Crippen LogP contribution in [-0.4, -0.2) is 49.6 Å². The maximum atomic E-state index is 14.3. The number of hydrogen-bond donors (Lipinski definition) is 0. The highest BCUT2D eigenvalue weighted by Crippen LogP contribution is 2.39. The second-order valence-electron chi connectivity index (χ2n) is 8.73. The fraction of sp³-hybridized carbons (Fsp3) is 0.286. The zero-order chi connectivity index (χ0) is 31.5. The minimum Gasteiger partial charge on any atom is -0.493 e. The van der Waals surface area contributed by atoms with Crippen molar-refractivity contribution in [2.24, 2.45) is 4.99 Å². The molecule has 2 aromatic carbocycles. The normalized spacial score (nSPS) is 15.1. The molecule has 0 spiro atoms. The van der Waals surface area contributed by atoms with Crippen molar-refractivity contribution in [3.63, 3.8) is 0 Å². The number of carbonyl (C=O) groups is 2. The van der Waals surface area contributed by atoms with Gasteiger partial charge in [-0.25, -0.2) is 14.6 Å². The van der Waals surface area contributed by atoms with Crippen molar-refractivity contribution in [3.05, 3.63) is 88.0 Å². The van der Waals surface area contributed by atoms with Gasteiger partial charge in [-0.15, -0.1) is 0 Å². The quantitative estimate of drug-likeness (QED) is 0.298. The Morgan fingerprint density at radius 2 is 1.81 bits per heavy atom. The predicted molar refractivity (Wildman–Crippen MR) is 155 cm³/mol. The molecular weight excluding hydrogens is 681 g/mol. The number of thiazole rings is 1. The fourth-order valence-electron chi connectivity index (χ4n) is 4.28. The molecule has 0 unspecified atom stereocenters. The van der Waals surface area contributed by atoms with Crippen LogP contribution in [-0.2, 0) is 19.1 Å². The monoisotopic (exact) mass is 702 g/mol. The third-order valence-electron chi connectivity index (χ3n) is 5.98. The lowest BCUT2D eigenvalue weighted by Crippen LogP contribution is -2.41. The number of hydrogen-bond acceptors (Lipinski definition) is 9. The number of rotatable bonds is 9. The molecule has 4 rings (SSSR count). The van der Waals surface area contributed by atoms with Gasteiger partial charge in [0.2, 0.25) is 0 Å². The van der Waals surface area contributed by atoms with Gasteiger partial charge in [-0.3, -0.25) is 9.36 Å². The summed E-state index contributed by atoms with van der Waals surface area (Å²) in [4.78, 5) is 42.3. The summed E-state index contributed by atoms with van der Waals surface area (Å²) in [5.41, 5.74) is -2.59. The lowest BCUT2D eigenvalue weighted by atomic mass is 9.95. The second kappa shape index (κ2) is 13.3. The van der Waals surface area contributed by atoms with E-state index in [0.29, 0.717) is 20.8 Å². The van der Waals surface area contributed by atoms with Gasteiger partial charge < -0.3 is 18.9 Å². The Morgan fingerprint density at radius 1 is 1.14 bits per heavy atom. The van der Waals surface area contributed by atoms with Crippen molar-refractivity contribution in [1.82, 2.24) is 4.57 Å². The molecule has 1 aromatic heterocycles. The summed E-state index contributed by atoms with van der Waals surface area (Å²) >= 11 is 10.0. The average molecular weight is 704 g/mol. The second-order valence-corrected chi connectivity index (χ2v) is 11.1. The van der Waals surface area contributed by atoms with Crippen LogP contribution in [0.2, 0.25) is 5.02 Å². The number of halogens is 5. The summed E-state index contributed by atoms with van der Waals surface area (Å²) < 4.78 is 65.4. The number of allylic oxidation sites excluding steroid dienone is 1. The van der Waals surface area contributed by atoms with Crippen molar-refractivity contribution in [1.29, 1.82) is 0 Å². The summed E-state index contributed by atoms with van der Waals surface area (Å²) in [6, 6.07) is 7.33. The van der Waals surface area contributed by atoms with E-state index in [1.54, 1.807) is 19.1 Å². The molecule has 0 fully saturated rings. The fourth-order valence-corrected chi connectivity index (χ4v) is 5.85. The first-order valence-electron chi connectivity index (χ1n) is 12.6. The molecular formula is C28H23BrClF3N2O7S. The molecule has 0 radical (unpaired) electrons. The van der Waals surface area contributed by atoms with Crippen LogP contribution in [0, 0.1) is 0 Å². The molecule has 3 aromatic rings. The minimum absolute atomic E-state index is 0.0366. The number of methoxy groups -OCH3 is 1. The van der Waals surface area contributed by atoms with Crippen LogP contribution >= 0.6 is 38.9 Å². The molecule has 0 saturated heterocycles. The number of benzene rings is 2. The summed E-state index contributed by atoms with van der Waals surface area (Å²) in [5, 5.41) is 0.299. The van der Waals surface area contributed by atoms with Crippen LogP contribution in [0.5, 0.6) is 11.5 Å². The van der Waals surface area contributed by atoms with Crippen LogP contribution in [0.25, 0.3) is 6.08 Å². The Morgan fingerprint density at radius 3 is 2.42 bits per heavy atom. The van der Waals surface area contributed by atoms with Gasteiger partial charge in [0, 0.05) is 15.1 Å². The lowest BCUT2D eigenvalue weighted by Gasteiger charge is -2.26. The zero-order valence-corrected chi connectivity index (χ0v) is 25.9. The number of fused-ring (bicyclic) bond motifs is 1. The van der Waals surface area contributed by atoms with Crippen LogP contribution in [0.4, 0.5) is 13.2 Å². The number of aromatic nitrogens is 1. The van der Waals surface area contributed by atoms with Gasteiger partial charge in [-0.05, 0) is 49.8 Å². The van der Waals surface area contributed by atoms with Gasteiger partial charge in [0.1, 0.15) is 0 Å². The van der Waals surface area contributed by atoms with Gasteiger partial charge in [-0.1, -0.05) is 51.0 Å². The van der Waals surface area contributed by atoms with Crippen molar-refractivity contribution < 1.29 is 41.7 Å². The van der Waals surface area contributed by atoms with E-state index in [-0.39, 0.29) is 45.2 Å². The Kier molecular flexibility index (Phi) is 10.0. The number of carbonyl (C=O) groups excluding carboxylic acids is 2. The number of ether oxygens (including phenoxy) is 4. The third-order valence-corrected chi connectivity index (χ3v) is 7.67. The smallest absolute Gasteiger partial charge is 0.434 e. The third kappa shape index (κ3) is 6.97. The lowest BCUT2D eigenvalue weighted by molar-refractivity contribution is -0.145. The molecule has 1 atom stereocenters. The van der Waals surface area contributed by atoms with Crippen molar-refractivity contribution >= 4 is 56.9 Å². The molecule has 2 heterocycles. The molecule has 0 N–H and O–H groups in total. The first-order chi connectivity index (χ1) is 20.4. The largest absolute Gasteiger partial charge is 0.493 e. The van der Waals surface area contributed by atoms with Gasteiger partial charge in [-0.2, -0.15) is 13.2 Å². The molecule has 9 nitrogen and oxygen atoms in total. The summed E-state index contributed by atoms with van der Waals surface area (Å²) in [6.07, 6.45) is -3.68. The van der Waals surface area contributed by atoms with Crippen LogP contribution in [0.1, 0.15) is 31.0 Å². The van der Waals surface area contributed by atoms with Crippen molar-refractivity contribution in [3.8, 4) is 11.5 Å². The Balaban J connectivity index is 1.99. The van der Waals surface area contributed by atoms with Crippen molar-refractivity contribution in [2.75, 3.05) is 26.9 Å². The van der Waals surface area contributed by atoms with Crippen molar-refractivity contribution in [2.45, 2.75) is 26.1 Å². The number of esters is 2. The first-order valence-corrected chi connectivity index (χ1v) is 14.6. The maximum Gasteiger partial charge on any atom is 0.434 e. The Bertz CT molecular complexity index is 1770. The molecule has 1 aliphatic rings. The molecule has 0 amide bonds. The Hall–Kier alpha value is -3.62. The standard InChI is InChI=1S/C28H23BrClF3N2O7S/c1-4-40-20(36)13-42-23-15(10-16(29)12-18(23)39-3)11-19-25(37)35-22(14-6-8-17(30)9-7-14)21(26(38)41-5-2)24(28(31,32)33)34-27(35)43-19/h6-12,22H,4-5,13H2,1-3H3/b19-11-/t22-/m1/s1. The summed E-state index contributed by atoms with van der Waals surface area (Å²) in [7, 11) is 1.37. The zero-order valence-electron chi connectivity index (χ0n) is 22.8. The predicted octanol–water partition coefficient (Wildman–Crippen LogP) is 4.71. The van der Waals surface area contributed by atoms with E-state index in [9.17, 15) is 27.6 Å². The van der Waals surface area contributed by atoms with Crippen LogP contribution in [0.3, 0.4) is 0 Å². The van der Waals surface area contributed by atoms with E-state index in [1.165, 1.54) is 44.4 Å². The molecule has 43 heavy (non-hydrogen) atoms. The van der Waals surface area contributed by atoms with E-state index < -0.39 is 47.6 Å². The number of alkyl halides is 3.